The van der Waals surface area contributed by atoms with Crippen molar-refractivity contribution < 1.29 is 14.3 Å². The highest BCUT2D eigenvalue weighted by atomic mass is 32.2. The number of nitrogens with two attached hydrogens (primary N) is 1. The highest BCUT2D eigenvalue weighted by molar-refractivity contribution is 8.02. The SMILES string of the molecule is COc1cc2c(cc1OC)C(c1ccc(N3CC4(CCS4)C3)cc1)=CN(C(N)=O)C(C)C2. The number of nitrogens with zero attached hydrogens (tertiary/aromatic N) is 2. The first-order valence-corrected chi connectivity index (χ1v) is 12.0. The summed E-state index contributed by atoms with van der Waals surface area (Å²) in [5.41, 5.74) is 11.1. The van der Waals surface area contributed by atoms with E-state index in [1.165, 1.54) is 17.9 Å². The van der Waals surface area contributed by atoms with Gasteiger partial charge in [-0.15, -0.1) is 0 Å². The topological polar surface area (TPSA) is 68.0 Å². The predicted octanol–water partition coefficient (Wildman–Crippen LogP) is 4.11. The molecule has 168 valence electrons. The lowest BCUT2D eigenvalue weighted by molar-refractivity contribution is 0.213. The van der Waals surface area contributed by atoms with Crippen molar-refractivity contribution in [1.82, 2.24) is 4.90 Å². The lowest BCUT2D eigenvalue weighted by Gasteiger charge is -2.56. The van der Waals surface area contributed by atoms with Gasteiger partial charge < -0.3 is 20.1 Å². The van der Waals surface area contributed by atoms with Crippen LogP contribution in [0, 0.1) is 0 Å². The normalized spacial score (nSPS) is 21.1. The molecule has 3 aliphatic rings. The Morgan fingerprint density at radius 2 is 1.78 bits per heavy atom. The summed E-state index contributed by atoms with van der Waals surface area (Å²) in [6.45, 7) is 4.27. The van der Waals surface area contributed by atoms with Gasteiger partial charge in [0.1, 0.15) is 0 Å². The van der Waals surface area contributed by atoms with E-state index in [1.54, 1.807) is 19.1 Å². The summed E-state index contributed by atoms with van der Waals surface area (Å²) < 4.78 is 11.6. The number of ether oxygens (including phenoxy) is 2. The number of methoxy groups -OCH3 is 2. The van der Waals surface area contributed by atoms with Gasteiger partial charge in [0.25, 0.3) is 0 Å². The first-order chi connectivity index (χ1) is 15.4. The van der Waals surface area contributed by atoms with Gasteiger partial charge in [0.2, 0.25) is 0 Å². The number of primary amides is 1. The lowest BCUT2D eigenvalue weighted by Crippen LogP contribution is -2.63. The summed E-state index contributed by atoms with van der Waals surface area (Å²) in [4.78, 5) is 16.3. The molecule has 0 bridgehead atoms. The molecule has 0 radical (unpaired) electrons. The summed E-state index contributed by atoms with van der Waals surface area (Å²) >= 11 is 2.10. The van der Waals surface area contributed by atoms with E-state index in [-0.39, 0.29) is 6.04 Å². The van der Waals surface area contributed by atoms with Crippen LogP contribution in [-0.4, -0.2) is 54.8 Å². The molecule has 2 aromatic carbocycles. The molecule has 7 heteroatoms. The van der Waals surface area contributed by atoms with Gasteiger partial charge in [-0.1, -0.05) is 12.1 Å². The molecule has 2 fully saturated rings. The second kappa shape index (κ2) is 7.96. The molecule has 2 aromatic rings. The summed E-state index contributed by atoms with van der Waals surface area (Å²) in [6.07, 6.45) is 3.88. The van der Waals surface area contributed by atoms with Gasteiger partial charge in [0, 0.05) is 36.6 Å². The Hall–Kier alpha value is -2.80. The molecule has 0 aliphatic carbocycles. The van der Waals surface area contributed by atoms with Gasteiger partial charge in [-0.3, -0.25) is 4.90 Å². The van der Waals surface area contributed by atoms with Crippen molar-refractivity contribution in [3.63, 3.8) is 0 Å². The molecule has 1 atom stereocenters. The third-order valence-corrected chi connectivity index (χ3v) is 8.36. The van der Waals surface area contributed by atoms with Crippen LogP contribution in [0.4, 0.5) is 10.5 Å². The van der Waals surface area contributed by atoms with Crippen molar-refractivity contribution >= 4 is 29.1 Å². The fourth-order valence-corrected chi connectivity index (χ4v) is 6.20. The zero-order valence-electron chi connectivity index (χ0n) is 18.8. The molecule has 3 heterocycles. The van der Waals surface area contributed by atoms with Crippen molar-refractivity contribution in [3.8, 4) is 11.5 Å². The Bertz CT molecular complexity index is 1070. The second-order valence-corrected chi connectivity index (χ2v) is 10.5. The van der Waals surface area contributed by atoms with Crippen molar-refractivity contribution in [3.05, 3.63) is 59.3 Å². The summed E-state index contributed by atoms with van der Waals surface area (Å²) in [6, 6.07) is 12.1. The number of thioether (sulfide) groups is 1. The van der Waals surface area contributed by atoms with Crippen LogP contribution in [-0.2, 0) is 6.42 Å². The number of carbonyl (C=O) groups is 1. The average molecular weight is 452 g/mol. The molecule has 0 saturated carbocycles. The first-order valence-electron chi connectivity index (χ1n) is 11.0. The van der Waals surface area contributed by atoms with Gasteiger partial charge in [-0.2, -0.15) is 11.8 Å². The molecule has 1 spiro atoms. The van der Waals surface area contributed by atoms with Gasteiger partial charge in [0.15, 0.2) is 11.5 Å². The van der Waals surface area contributed by atoms with Crippen LogP contribution in [0.2, 0.25) is 0 Å². The van der Waals surface area contributed by atoms with Crippen molar-refractivity contribution in [2.24, 2.45) is 5.73 Å². The van der Waals surface area contributed by atoms with Crippen LogP contribution in [0.25, 0.3) is 5.57 Å². The van der Waals surface area contributed by atoms with Crippen molar-refractivity contribution in [2.75, 3.05) is 38.0 Å². The predicted molar refractivity (Wildman–Crippen MR) is 130 cm³/mol. The highest BCUT2D eigenvalue weighted by Gasteiger charge is 2.48. The number of rotatable bonds is 4. The number of amides is 2. The van der Waals surface area contributed by atoms with E-state index in [0.29, 0.717) is 22.7 Å². The lowest BCUT2D eigenvalue weighted by atomic mass is 9.91. The van der Waals surface area contributed by atoms with Crippen molar-refractivity contribution in [2.45, 2.75) is 30.6 Å². The van der Waals surface area contributed by atoms with E-state index in [9.17, 15) is 4.79 Å². The maximum Gasteiger partial charge on any atom is 0.319 e. The van der Waals surface area contributed by atoms with Crippen LogP contribution in [0.3, 0.4) is 0 Å². The number of carbonyl (C=O) groups excluding carboxylic acids is 1. The smallest absolute Gasteiger partial charge is 0.319 e. The van der Waals surface area contributed by atoms with Gasteiger partial charge in [-0.05, 0) is 66.5 Å². The number of hydrogen-bond acceptors (Lipinski definition) is 5. The van der Waals surface area contributed by atoms with Crippen molar-refractivity contribution in [1.29, 1.82) is 0 Å². The molecule has 5 rings (SSSR count). The fraction of sp³-hybridized carbons (Fsp3) is 0.400. The number of anilines is 1. The highest BCUT2D eigenvalue weighted by Crippen LogP contribution is 2.48. The Labute approximate surface area is 193 Å². The summed E-state index contributed by atoms with van der Waals surface area (Å²) in [5, 5.41) is 0. The van der Waals surface area contributed by atoms with E-state index < -0.39 is 6.03 Å². The Balaban J connectivity index is 1.53. The van der Waals surface area contributed by atoms with Crippen LogP contribution in [0.5, 0.6) is 11.5 Å². The molecule has 3 aliphatic heterocycles. The average Bonchev–Trinajstić information content (AvgIpc) is 2.86. The van der Waals surface area contributed by atoms with Gasteiger partial charge >= 0.3 is 6.03 Å². The van der Waals surface area contributed by atoms with Crippen LogP contribution < -0.4 is 20.1 Å². The largest absolute Gasteiger partial charge is 0.493 e. The molecule has 0 aromatic heterocycles. The molecule has 32 heavy (non-hydrogen) atoms. The third kappa shape index (κ3) is 3.48. The van der Waals surface area contributed by atoms with Crippen LogP contribution in [0.1, 0.15) is 30.0 Å². The maximum atomic E-state index is 12.2. The van der Waals surface area contributed by atoms with E-state index in [2.05, 4.69) is 40.9 Å². The first kappa shape index (κ1) is 21.1. The van der Waals surface area contributed by atoms with Crippen LogP contribution >= 0.6 is 11.8 Å². The molecule has 1 unspecified atom stereocenters. The minimum Gasteiger partial charge on any atom is -0.493 e. The number of hydrogen-bond donors (Lipinski definition) is 1. The van der Waals surface area contributed by atoms with Crippen LogP contribution in [0.15, 0.2) is 42.6 Å². The van der Waals surface area contributed by atoms with E-state index in [1.807, 2.05) is 25.3 Å². The Morgan fingerprint density at radius 1 is 1.12 bits per heavy atom. The van der Waals surface area contributed by atoms with E-state index >= 15 is 0 Å². The number of urea groups is 1. The summed E-state index contributed by atoms with van der Waals surface area (Å²) in [7, 11) is 3.27. The minimum absolute atomic E-state index is 0.0709. The quantitative estimate of drug-likeness (QED) is 0.758. The number of benzene rings is 2. The standard InChI is InChI=1S/C25H29N3O3S/c1-16-10-18-11-22(30-2)23(31-3)12-20(18)21(13-28(16)24(26)29)17-4-6-19(7-5-17)27-14-25(15-27)8-9-32-25/h4-7,11-13,16H,8-10,14-15H2,1-3H3,(H2,26,29). The van der Waals surface area contributed by atoms with Gasteiger partial charge in [-0.25, -0.2) is 4.79 Å². The Morgan fingerprint density at radius 3 is 2.34 bits per heavy atom. The minimum atomic E-state index is -0.456. The second-order valence-electron chi connectivity index (χ2n) is 8.89. The molecule has 2 amide bonds. The molecular formula is C25H29N3O3S. The molecule has 6 nitrogen and oxygen atoms in total. The molecular weight excluding hydrogens is 422 g/mol. The summed E-state index contributed by atoms with van der Waals surface area (Å²) in [5.74, 6) is 2.64. The van der Waals surface area contributed by atoms with Gasteiger partial charge in [0.05, 0.1) is 19.0 Å². The van der Waals surface area contributed by atoms with E-state index in [0.717, 1.165) is 35.4 Å². The zero-order valence-corrected chi connectivity index (χ0v) is 19.6. The zero-order chi connectivity index (χ0) is 22.5. The maximum absolute atomic E-state index is 12.2. The Kier molecular flexibility index (Phi) is 5.24. The van der Waals surface area contributed by atoms with E-state index in [4.69, 9.17) is 15.2 Å². The molecule has 2 saturated heterocycles. The third-order valence-electron chi connectivity index (χ3n) is 6.88. The fourth-order valence-electron chi connectivity index (χ4n) is 4.93. The monoisotopic (exact) mass is 451 g/mol. The number of fused-ring (bicyclic) bond motifs is 1. The molecule has 2 N–H and O–H groups in total.